The third kappa shape index (κ3) is 5.66. The number of nitrogens with one attached hydrogen (secondary N) is 1. The smallest absolute Gasteiger partial charge is 0.335 e. The van der Waals surface area contributed by atoms with Gasteiger partial charge in [0.2, 0.25) is 0 Å². The van der Waals surface area contributed by atoms with Crippen LogP contribution in [-0.2, 0) is 16.2 Å². The van der Waals surface area contributed by atoms with Crippen molar-refractivity contribution in [2.75, 3.05) is 11.5 Å². The monoisotopic (exact) mass is 579 g/mol. The number of hydrogen-bond donors (Lipinski definition) is 1. The number of urea groups is 1. The van der Waals surface area contributed by atoms with Crippen LogP contribution in [0, 0.1) is 11.3 Å². The largest absolute Gasteiger partial charge is 0.490 e. The molecule has 1 fully saturated rings. The summed E-state index contributed by atoms with van der Waals surface area (Å²) in [7, 11) is 0. The summed E-state index contributed by atoms with van der Waals surface area (Å²) in [6.45, 7) is 2.16. The summed E-state index contributed by atoms with van der Waals surface area (Å²) in [4.78, 5) is 39.0. The van der Waals surface area contributed by atoms with Gasteiger partial charge in [-0.1, -0.05) is 45.7 Å². The number of rotatable bonds is 7. The van der Waals surface area contributed by atoms with E-state index in [2.05, 4.69) is 27.3 Å². The van der Waals surface area contributed by atoms with E-state index in [0.29, 0.717) is 34.7 Å². The highest BCUT2D eigenvalue weighted by atomic mass is 79.9. The van der Waals surface area contributed by atoms with Gasteiger partial charge < -0.3 is 9.47 Å². The Labute approximate surface area is 226 Å². The minimum Gasteiger partial charge on any atom is -0.490 e. The van der Waals surface area contributed by atoms with Crippen molar-refractivity contribution < 1.29 is 23.9 Å². The van der Waals surface area contributed by atoms with Crippen molar-refractivity contribution >= 4 is 57.1 Å². The topological polar surface area (TPSA) is 109 Å². The molecule has 0 aromatic heterocycles. The molecular weight excluding hydrogens is 562 g/mol. The molecule has 186 valence electrons. The second kappa shape index (κ2) is 11.3. The highest BCUT2D eigenvalue weighted by Crippen LogP contribution is 2.38. The van der Waals surface area contributed by atoms with Gasteiger partial charge in [-0.15, -0.1) is 0 Å². The van der Waals surface area contributed by atoms with Gasteiger partial charge >= 0.3 is 6.03 Å². The van der Waals surface area contributed by atoms with E-state index < -0.39 is 17.8 Å². The third-order valence-electron chi connectivity index (χ3n) is 5.34. The summed E-state index contributed by atoms with van der Waals surface area (Å²) in [5.41, 5.74) is 1.60. The molecule has 1 aliphatic rings. The minimum atomic E-state index is -0.844. The van der Waals surface area contributed by atoms with Gasteiger partial charge in [0.15, 0.2) is 11.5 Å². The first kappa shape index (κ1) is 25.9. The van der Waals surface area contributed by atoms with Crippen molar-refractivity contribution in [1.82, 2.24) is 5.32 Å². The van der Waals surface area contributed by atoms with E-state index in [1.54, 1.807) is 61.5 Å². The Morgan fingerprint density at radius 2 is 1.81 bits per heavy atom. The molecule has 0 radical (unpaired) electrons. The van der Waals surface area contributed by atoms with Gasteiger partial charge in [-0.3, -0.25) is 14.9 Å². The number of anilines is 1. The first-order valence-electron chi connectivity index (χ1n) is 11.1. The number of nitriles is 1. The van der Waals surface area contributed by atoms with E-state index in [4.69, 9.17) is 21.1 Å². The first-order chi connectivity index (χ1) is 17.8. The lowest BCUT2D eigenvalue weighted by atomic mass is 10.1. The number of carbonyl (C=O) groups excluding carboxylic acids is 3. The molecule has 8 nitrogen and oxygen atoms in total. The van der Waals surface area contributed by atoms with Crippen LogP contribution in [-0.4, -0.2) is 24.5 Å². The zero-order chi connectivity index (χ0) is 26.5. The lowest BCUT2D eigenvalue weighted by Crippen LogP contribution is -2.54. The number of nitrogens with zero attached hydrogens (tertiary/aromatic N) is 2. The summed E-state index contributed by atoms with van der Waals surface area (Å²) < 4.78 is 12.4. The fourth-order valence-electron chi connectivity index (χ4n) is 3.63. The summed E-state index contributed by atoms with van der Waals surface area (Å²) in [6.07, 6.45) is 1.33. The number of halogens is 2. The number of benzene rings is 3. The molecule has 0 aliphatic carbocycles. The molecular formula is C27H19BrClN3O5. The first-order valence-corrected chi connectivity index (χ1v) is 12.2. The van der Waals surface area contributed by atoms with Gasteiger partial charge in [-0.05, 0) is 61.0 Å². The quantitative estimate of drug-likeness (QED) is 0.287. The van der Waals surface area contributed by atoms with Gasteiger partial charge in [0.25, 0.3) is 11.8 Å². The fraction of sp³-hybridized carbons (Fsp3) is 0.111. The van der Waals surface area contributed by atoms with Crippen LogP contribution < -0.4 is 19.7 Å². The highest BCUT2D eigenvalue weighted by molar-refractivity contribution is 9.10. The molecule has 1 N–H and O–H groups in total. The van der Waals surface area contributed by atoms with Crippen LogP contribution in [0.25, 0.3) is 6.08 Å². The summed E-state index contributed by atoms with van der Waals surface area (Å²) in [5.74, 6) is -1.06. The van der Waals surface area contributed by atoms with Crippen LogP contribution in [0.4, 0.5) is 10.5 Å². The SMILES string of the molecule is CCOc1cc(/C=C2\C(=O)NC(=O)N(c3ccc(Br)cc3)C2=O)cc(Cl)c1OCc1ccccc1C#N. The van der Waals surface area contributed by atoms with Crippen molar-refractivity contribution in [2.45, 2.75) is 13.5 Å². The van der Waals surface area contributed by atoms with Crippen molar-refractivity contribution in [1.29, 1.82) is 5.26 Å². The number of barbiturate groups is 1. The molecule has 1 aliphatic heterocycles. The zero-order valence-corrected chi connectivity index (χ0v) is 21.8. The molecule has 0 spiro atoms. The Balaban J connectivity index is 1.67. The molecule has 1 heterocycles. The molecule has 3 aromatic rings. The van der Waals surface area contributed by atoms with Gasteiger partial charge in [0.05, 0.1) is 28.9 Å². The van der Waals surface area contributed by atoms with E-state index >= 15 is 0 Å². The van der Waals surface area contributed by atoms with Crippen molar-refractivity contribution in [2.24, 2.45) is 0 Å². The predicted octanol–water partition coefficient (Wildman–Crippen LogP) is 5.62. The maximum atomic E-state index is 13.2. The number of amides is 4. The maximum absolute atomic E-state index is 13.2. The number of carbonyl (C=O) groups is 3. The van der Waals surface area contributed by atoms with E-state index in [1.807, 2.05) is 0 Å². The molecule has 4 rings (SSSR count). The Kier molecular flexibility index (Phi) is 7.92. The van der Waals surface area contributed by atoms with Gasteiger partial charge in [-0.25, -0.2) is 9.69 Å². The van der Waals surface area contributed by atoms with Crippen LogP contribution >= 0.6 is 27.5 Å². The van der Waals surface area contributed by atoms with E-state index in [1.165, 1.54) is 12.1 Å². The standard InChI is InChI=1S/C27H19BrClN3O5/c1-2-36-23-13-16(12-22(29)24(23)37-15-18-6-4-3-5-17(18)14-30)11-21-25(33)31-27(35)32(26(21)34)20-9-7-19(28)8-10-20/h3-13H,2,15H2,1H3,(H,31,33,35)/b21-11+. The van der Waals surface area contributed by atoms with Gasteiger partial charge in [-0.2, -0.15) is 5.26 Å². The highest BCUT2D eigenvalue weighted by Gasteiger charge is 2.36. The van der Waals surface area contributed by atoms with E-state index in [-0.39, 0.29) is 23.0 Å². The Bertz CT molecular complexity index is 1460. The van der Waals surface area contributed by atoms with Crippen LogP contribution in [0.1, 0.15) is 23.6 Å². The van der Waals surface area contributed by atoms with Crippen LogP contribution in [0.15, 0.2) is 70.7 Å². The molecule has 0 saturated carbocycles. The molecule has 0 unspecified atom stereocenters. The number of hydrogen-bond acceptors (Lipinski definition) is 6. The molecule has 0 bridgehead atoms. The van der Waals surface area contributed by atoms with Crippen LogP contribution in [0.5, 0.6) is 11.5 Å². The summed E-state index contributed by atoms with van der Waals surface area (Å²) in [5, 5.41) is 11.7. The summed E-state index contributed by atoms with van der Waals surface area (Å²) >= 11 is 9.82. The van der Waals surface area contributed by atoms with Crippen molar-refractivity contribution in [3.63, 3.8) is 0 Å². The van der Waals surface area contributed by atoms with Gasteiger partial charge in [0.1, 0.15) is 12.2 Å². The minimum absolute atomic E-state index is 0.0785. The maximum Gasteiger partial charge on any atom is 0.335 e. The second-order valence-corrected chi connectivity index (χ2v) is 9.08. The summed E-state index contributed by atoms with van der Waals surface area (Å²) in [6, 6.07) is 17.9. The molecule has 3 aromatic carbocycles. The molecule has 37 heavy (non-hydrogen) atoms. The normalized spacial score (nSPS) is 14.4. The molecule has 0 atom stereocenters. The third-order valence-corrected chi connectivity index (χ3v) is 6.15. The van der Waals surface area contributed by atoms with Gasteiger partial charge in [0, 0.05) is 10.0 Å². The Morgan fingerprint density at radius 3 is 2.51 bits per heavy atom. The predicted molar refractivity (Wildman–Crippen MR) is 141 cm³/mol. The molecule has 10 heteroatoms. The second-order valence-electron chi connectivity index (χ2n) is 7.75. The number of imide groups is 2. The van der Waals surface area contributed by atoms with Crippen LogP contribution in [0.2, 0.25) is 5.02 Å². The van der Waals surface area contributed by atoms with Crippen molar-refractivity contribution in [3.05, 3.63) is 92.4 Å². The Morgan fingerprint density at radius 1 is 1.08 bits per heavy atom. The Hall–Kier alpha value is -4.13. The average Bonchev–Trinajstić information content (AvgIpc) is 2.87. The number of ether oxygens (including phenoxy) is 2. The lowest BCUT2D eigenvalue weighted by molar-refractivity contribution is -0.122. The van der Waals surface area contributed by atoms with Crippen molar-refractivity contribution in [3.8, 4) is 17.6 Å². The zero-order valence-electron chi connectivity index (χ0n) is 19.5. The van der Waals surface area contributed by atoms with E-state index in [0.717, 1.165) is 9.37 Å². The molecule has 4 amide bonds. The lowest BCUT2D eigenvalue weighted by Gasteiger charge is -2.26. The average molecular weight is 581 g/mol. The van der Waals surface area contributed by atoms with Crippen LogP contribution in [0.3, 0.4) is 0 Å². The fourth-order valence-corrected chi connectivity index (χ4v) is 4.17. The van der Waals surface area contributed by atoms with E-state index in [9.17, 15) is 19.6 Å². The molecule has 1 saturated heterocycles.